The fourth-order valence-electron chi connectivity index (χ4n) is 4.30. The fraction of sp³-hybridized carbons (Fsp3) is 0.286. The van der Waals surface area contributed by atoms with Gasteiger partial charge in [0, 0.05) is 37.4 Å². The van der Waals surface area contributed by atoms with Crippen LogP contribution < -0.4 is 25.0 Å². The maximum absolute atomic E-state index is 12.9. The summed E-state index contributed by atoms with van der Waals surface area (Å²) in [6, 6.07) is 21.8. The lowest BCUT2D eigenvalue weighted by Gasteiger charge is -2.38. The van der Waals surface area contributed by atoms with Crippen LogP contribution in [0.1, 0.15) is 17.3 Å². The zero-order valence-electron chi connectivity index (χ0n) is 20.9. The van der Waals surface area contributed by atoms with E-state index in [1.165, 1.54) is 0 Å². The molecule has 8 nitrogen and oxygen atoms in total. The van der Waals surface area contributed by atoms with Gasteiger partial charge in [-0.05, 0) is 55.5 Å². The summed E-state index contributed by atoms with van der Waals surface area (Å²) < 4.78 is 10.8. The summed E-state index contributed by atoms with van der Waals surface area (Å²) in [6.07, 6.45) is 0. The number of methoxy groups -OCH3 is 2. The molecule has 0 aliphatic carbocycles. The molecule has 188 valence electrons. The Morgan fingerprint density at radius 2 is 1.39 bits per heavy atom. The normalized spacial score (nSPS) is 14.6. The second kappa shape index (κ2) is 11.6. The lowest BCUT2D eigenvalue weighted by molar-refractivity contribution is -0.120. The number of ether oxygens (including phenoxy) is 2. The number of piperazine rings is 1. The summed E-state index contributed by atoms with van der Waals surface area (Å²) >= 11 is 0. The highest BCUT2D eigenvalue weighted by molar-refractivity contribution is 6.05. The SMILES string of the molecule is COc1ccccc1NC(=O)c1ccc(NC(=O)C(C)N2CCN(c3ccccc3OC)CC2)cc1. The molecular weight excluding hydrogens is 456 g/mol. The molecule has 0 saturated carbocycles. The molecule has 1 fully saturated rings. The van der Waals surface area contributed by atoms with Gasteiger partial charge in [-0.2, -0.15) is 0 Å². The van der Waals surface area contributed by atoms with Crippen molar-refractivity contribution in [2.45, 2.75) is 13.0 Å². The van der Waals surface area contributed by atoms with Gasteiger partial charge >= 0.3 is 0 Å². The van der Waals surface area contributed by atoms with Crippen molar-refractivity contribution in [3.63, 3.8) is 0 Å². The van der Waals surface area contributed by atoms with Crippen LogP contribution in [0, 0.1) is 0 Å². The van der Waals surface area contributed by atoms with Crippen molar-refractivity contribution in [1.29, 1.82) is 0 Å². The molecule has 1 aliphatic heterocycles. The van der Waals surface area contributed by atoms with E-state index in [4.69, 9.17) is 9.47 Å². The van der Waals surface area contributed by atoms with E-state index < -0.39 is 0 Å². The summed E-state index contributed by atoms with van der Waals surface area (Å²) in [6.45, 7) is 5.09. The Bertz CT molecular complexity index is 1190. The van der Waals surface area contributed by atoms with Gasteiger partial charge in [0.2, 0.25) is 5.91 Å². The predicted molar refractivity (Wildman–Crippen MR) is 142 cm³/mol. The zero-order chi connectivity index (χ0) is 25.5. The van der Waals surface area contributed by atoms with Crippen LogP contribution in [0.15, 0.2) is 72.8 Å². The largest absolute Gasteiger partial charge is 0.495 e. The molecule has 2 N–H and O–H groups in total. The molecule has 3 aromatic rings. The van der Waals surface area contributed by atoms with E-state index >= 15 is 0 Å². The summed E-state index contributed by atoms with van der Waals surface area (Å²) in [7, 11) is 3.24. The Morgan fingerprint density at radius 3 is 2.06 bits per heavy atom. The Kier molecular flexibility index (Phi) is 8.07. The Morgan fingerprint density at radius 1 is 0.778 bits per heavy atom. The highest BCUT2D eigenvalue weighted by atomic mass is 16.5. The van der Waals surface area contributed by atoms with E-state index in [-0.39, 0.29) is 17.9 Å². The molecule has 1 unspecified atom stereocenters. The smallest absolute Gasteiger partial charge is 0.255 e. The van der Waals surface area contributed by atoms with E-state index in [0.717, 1.165) is 37.6 Å². The van der Waals surface area contributed by atoms with Crippen LogP contribution >= 0.6 is 0 Å². The first-order valence-electron chi connectivity index (χ1n) is 12.0. The van der Waals surface area contributed by atoms with Crippen molar-refractivity contribution < 1.29 is 19.1 Å². The van der Waals surface area contributed by atoms with E-state index in [9.17, 15) is 9.59 Å². The highest BCUT2D eigenvalue weighted by Gasteiger charge is 2.26. The number of para-hydroxylation sites is 4. The maximum Gasteiger partial charge on any atom is 0.255 e. The molecule has 0 spiro atoms. The van der Waals surface area contributed by atoms with Crippen molar-refractivity contribution in [3.8, 4) is 11.5 Å². The standard InChI is InChI=1S/C28H32N4O4/c1-20(31-16-18-32(19-17-31)24-9-5-7-11-26(24)36-3)27(33)29-22-14-12-21(13-15-22)28(34)30-23-8-4-6-10-25(23)35-2/h4-15,20H,16-19H2,1-3H3,(H,29,33)(H,30,34). The number of rotatable bonds is 8. The van der Waals surface area contributed by atoms with Gasteiger partial charge in [-0.25, -0.2) is 0 Å². The number of benzene rings is 3. The van der Waals surface area contributed by atoms with Gasteiger partial charge in [-0.1, -0.05) is 24.3 Å². The Balaban J connectivity index is 1.30. The van der Waals surface area contributed by atoms with Crippen molar-refractivity contribution in [2.75, 3.05) is 55.9 Å². The topological polar surface area (TPSA) is 83.1 Å². The van der Waals surface area contributed by atoms with Gasteiger partial charge in [0.25, 0.3) is 5.91 Å². The molecule has 2 amide bonds. The first kappa shape index (κ1) is 25.1. The Hall–Kier alpha value is -4.04. The summed E-state index contributed by atoms with van der Waals surface area (Å²) in [4.78, 5) is 30.0. The van der Waals surface area contributed by atoms with Crippen LogP contribution in [0.4, 0.5) is 17.1 Å². The molecule has 8 heteroatoms. The fourth-order valence-corrected chi connectivity index (χ4v) is 4.30. The molecule has 0 aromatic heterocycles. The molecule has 1 aliphatic rings. The van der Waals surface area contributed by atoms with Crippen LogP contribution in [0.25, 0.3) is 0 Å². The van der Waals surface area contributed by atoms with E-state index in [1.807, 2.05) is 37.3 Å². The quantitative estimate of drug-likeness (QED) is 0.497. The molecule has 3 aromatic carbocycles. The van der Waals surface area contributed by atoms with Crippen LogP contribution in [-0.4, -0.2) is 63.2 Å². The number of hydrogen-bond donors (Lipinski definition) is 2. The Labute approximate surface area is 211 Å². The minimum absolute atomic E-state index is 0.0769. The van der Waals surface area contributed by atoms with Gasteiger partial charge in [0.05, 0.1) is 31.6 Å². The number of amides is 2. The van der Waals surface area contributed by atoms with Crippen LogP contribution in [0.5, 0.6) is 11.5 Å². The second-order valence-electron chi connectivity index (χ2n) is 8.59. The van der Waals surface area contributed by atoms with Crippen LogP contribution in [0.2, 0.25) is 0 Å². The van der Waals surface area contributed by atoms with Crippen molar-refractivity contribution in [2.24, 2.45) is 0 Å². The van der Waals surface area contributed by atoms with Gasteiger partial charge < -0.3 is 25.0 Å². The molecule has 4 rings (SSSR count). The lowest BCUT2D eigenvalue weighted by atomic mass is 10.1. The predicted octanol–water partition coefficient (Wildman–Crippen LogP) is 4.11. The monoisotopic (exact) mass is 488 g/mol. The minimum Gasteiger partial charge on any atom is -0.495 e. The van der Waals surface area contributed by atoms with Gasteiger partial charge in [0.1, 0.15) is 11.5 Å². The summed E-state index contributed by atoms with van der Waals surface area (Å²) in [5.41, 5.74) is 2.81. The number of anilines is 3. The van der Waals surface area contributed by atoms with Gasteiger partial charge in [-0.15, -0.1) is 0 Å². The van der Waals surface area contributed by atoms with Crippen LogP contribution in [0.3, 0.4) is 0 Å². The first-order chi connectivity index (χ1) is 17.5. The molecular formula is C28H32N4O4. The second-order valence-corrected chi connectivity index (χ2v) is 8.59. The lowest BCUT2D eigenvalue weighted by Crippen LogP contribution is -2.52. The molecule has 1 atom stereocenters. The first-order valence-corrected chi connectivity index (χ1v) is 12.0. The van der Waals surface area contributed by atoms with Gasteiger partial charge in [-0.3, -0.25) is 14.5 Å². The molecule has 1 saturated heterocycles. The third-order valence-electron chi connectivity index (χ3n) is 6.44. The third kappa shape index (κ3) is 5.78. The van der Waals surface area contributed by atoms with Gasteiger partial charge in [0.15, 0.2) is 0 Å². The maximum atomic E-state index is 12.9. The molecule has 36 heavy (non-hydrogen) atoms. The number of nitrogens with zero attached hydrogens (tertiary/aromatic N) is 2. The number of nitrogens with one attached hydrogen (secondary N) is 2. The number of hydrogen-bond acceptors (Lipinski definition) is 6. The summed E-state index contributed by atoms with van der Waals surface area (Å²) in [5.74, 6) is 1.12. The van der Waals surface area contributed by atoms with E-state index in [0.29, 0.717) is 22.7 Å². The summed E-state index contributed by atoms with van der Waals surface area (Å²) in [5, 5.41) is 5.82. The zero-order valence-corrected chi connectivity index (χ0v) is 20.9. The number of carbonyl (C=O) groups is 2. The molecule has 1 heterocycles. The highest BCUT2D eigenvalue weighted by Crippen LogP contribution is 2.29. The van der Waals surface area contributed by atoms with E-state index in [2.05, 4.69) is 26.5 Å². The third-order valence-corrected chi connectivity index (χ3v) is 6.44. The number of carbonyl (C=O) groups excluding carboxylic acids is 2. The average molecular weight is 489 g/mol. The van der Waals surface area contributed by atoms with Crippen molar-refractivity contribution in [3.05, 3.63) is 78.4 Å². The molecule has 0 radical (unpaired) electrons. The minimum atomic E-state index is -0.279. The van der Waals surface area contributed by atoms with Crippen molar-refractivity contribution >= 4 is 28.9 Å². The average Bonchev–Trinajstić information content (AvgIpc) is 2.93. The van der Waals surface area contributed by atoms with Crippen LogP contribution in [-0.2, 0) is 4.79 Å². The molecule has 0 bridgehead atoms. The van der Waals surface area contributed by atoms with E-state index in [1.54, 1.807) is 50.6 Å². The van der Waals surface area contributed by atoms with Crippen molar-refractivity contribution in [1.82, 2.24) is 4.90 Å².